The number of methoxy groups -OCH3 is 1. The highest BCUT2D eigenvalue weighted by Crippen LogP contribution is 1.98. The molecule has 0 saturated heterocycles. The van der Waals surface area contributed by atoms with E-state index in [2.05, 4.69) is 16.1 Å². The van der Waals surface area contributed by atoms with Gasteiger partial charge in [-0.15, -0.1) is 0 Å². The summed E-state index contributed by atoms with van der Waals surface area (Å²) in [5, 5.41) is 0. The summed E-state index contributed by atoms with van der Waals surface area (Å²) in [5.74, 6) is 1.19. The first kappa shape index (κ1) is 8.27. The van der Waals surface area contributed by atoms with Crippen LogP contribution in [0.3, 0.4) is 0 Å². The van der Waals surface area contributed by atoms with Gasteiger partial charge in [-0.05, 0) is 0 Å². The van der Waals surface area contributed by atoms with Gasteiger partial charge in [-0.25, -0.2) is 9.13 Å². The van der Waals surface area contributed by atoms with Gasteiger partial charge in [0.15, 0.2) is 6.23 Å². The minimum atomic E-state index is 0.121. The summed E-state index contributed by atoms with van der Waals surface area (Å²) in [4.78, 5) is 0. The number of imidazole rings is 1. The highest BCUT2D eigenvalue weighted by Gasteiger charge is 2.13. The van der Waals surface area contributed by atoms with Crippen LogP contribution in [0.15, 0.2) is 12.4 Å². The molecule has 0 amide bonds. The van der Waals surface area contributed by atoms with Crippen LogP contribution in [0.25, 0.3) is 0 Å². The summed E-state index contributed by atoms with van der Waals surface area (Å²) in [6.07, 6.45) is 4.16. The third kappa shape index (κ3) is 1.43. The molecule has 0 N–H and O–H groups in total. The lowest BCUT2D eigenvalue weighted by Crippen LogP contribution is -2.40. The third-order valence-corrected chi connectivity index (χ3v) is 2.07. The second-order valence-corrected chi connectivity index (χ2v) is 2.70. The Morgan fingerprint density at radius 3 is 2.64 bits per heavy atom. The van der Waals surface area contributed by atoms with E-state index in [0.717, 1.165) is 0 Å². The van der Waals surface area contributed by atoms with Gasteiger partial charge >= 0.3 is 0 Å². The molecule has 1 aromatic heterocycles. The molecule has 11 heavy (non-hydrogen) atoms. The molecule has 0 saturated carbocycles. The first-order valence-corrected chi connectivity index (χ1v) is 3.72. The van der Waals surface area contributed by atoms with Crippen LogP contribution in [-0.2, 0) is 11.8 Å². The molecule has 0 bridgehead atoms. The van der Waals surface area contributed by atoms with Crippen molar-refractivity contribution >= 4 is 0 Å². The van der Waals surface area contributed by atoms with Crippen molar-refractivity contribution < 1.29 is 9.30 Å². The van der Waals surface area contributed by atoms with E-state index in [9.17, 15) is 0 Å². The summed E-state index contributed by atoms with van der Waals surface area (Å²) in [5.41, 5.74) is 0. The van der Waals surface area contributed by atoms with Gasteiger partial charge < -0.3 is 4.74 Å². The number of aromatic nitrogens is 2. The van der Waals surface area contributed by atoms with Crippen molar-refractivity contribution in [1.82, 2.24) is 4.57 Å². The number of rotatable bonds is 2. The number of hydrogen-bond acceptors (Lipinski definition) is 1. The Balaban J connectivity index is 2.94. The van der Waals surface area contributed by atoms with E-state index in [1.165, 1.54) is 5.82 Å². The van der Waals surface area contributed by atoms with E-state index in [0.29, 0.717) is 0 Å². The summed E-state index contributed by atoms with van der Waals surface area (Å²) in [6.45, 7) is 4.09. The smallest absolute Gasteiger partial charge is 0.255 e. The predicted molar refractivity (Wildman–Crippen MR) is 42.1 cm³/mol. The van der Waals surface area contributed by atoms with Gasteiger partial charge in [-0.3, -0.25) is 0 Å². The molecule has 62 valence electrons. The lowest BCUT2D eigenvalue weighted by atomic mass is 10.5. The van der Waals surface area contributed by atoms with Crippen LogP contribution in [0, 0.1) is 6.92 Å². The van der Waals surface area contributed by atoms with Gasteiger partial charge in [0, 0.05) is 21.0 Å². The van der Waals surface area contributed by atoms with E-state index in [1.807, 2.05) is 26.4 Å². The summed E-state index contributed by atoms with van der Waals surface area (Å²) in [7, 11) is 3.73. The summed E-state index contributed by atoms with van der Waals surface area (Å²) in [6, 6.07) is 0. The van der Waals surface area contributed by atoms with Crippen LogP contribution < -0.4 is 4.57 Å². The Bertz CT molecular complexity index is 242. The Kier molecular flexibility index (Phi) is 2.29. The van der Waals surface area contributed by atoms with E-state index >= 15 is 0 Å². The summed E-state index contributed by atoms with van der Waals surface area (Å²) >= 11 is 0. The highest BCUT2D eigenvalue weighted by molar-refractivity contribution is 4.76. The lowest BCUT2D eigenvalue weighted by molar-refractivity contribution is -0.761. The van der Waals surface area contributed by atoms with E-state index in [1.54, 1.807) is 7.11 Å². The Morgan fingerprint density at radius 1 is 1.64 bits per heavy atom. The van der Waals surface area contributed by atoms with Crippen molar-refractivity contribution in [2.45, 2.75) is 20.1 Å². The second kappa shape index (κ2) is 3.05. The van der Waals surface area contributed by atoms with Crippen LogP contribution >= 0.6 is 0 Å². The van der Waals surface area contributed by atoms with Gasteiger partial charge in [-0.2, -0.15) is 0 Å². The molecule has 1 unspecified atom stereocenters. The maximum Gasteiger partial charge on any atom is 0.255 e. The van der Waals surface area contributed by atoms with Crippen LogP contribution in [0.5, 0.6) is 0 Å². The minimum absolute atomic E-state index is 0.121. The lowest BCUT2D eigenvalue weighted by Gasteiger charge is -2.05. The topological polar surface area (TPSA) is 18.0 Å². The van der Waals surface area contributed by atoms with Crippen LogP contribution in [0.1, 0.15) is 19.0 Å². The van der Waals surface area contributed by atoms with Crippen LogP contribution in [0.2, 0.25) is 0 Å². The van der Waals surface area contributed by atoms with Crippen molar-refractivity contribution in [3.05, 3.63) is 18.2 Å². The molecule has 3 heteroatoms. The van der Waals surface area contributed by atoms with Crippen LogP contribution in [0.4, 0.5) is 0 Å². The molecule has 0 spiro atoms. The fraction of sp³-hybridized carbons (Fsp3) is 0.625. The standard InChI is InChI=1S/C8H15N2O/c1-7-9(3)5-6-10(7)8(2)11-4/h5-6,8H,1-4H3/q+1. The Hall–Kier alpha value is -0.830. The van der Waals surface area contributed by atoms with Crippen LogP contribution in [-0.4, -0.2) is 11.7 Å². The Labute approximate surface area is 67.2 Å². The predicted octanol–water partition coefficient (Wildman–Crippen LogP) is 0.786. The average molecular weight is 155 g/mol. The molecule has 0 aliphatic heterocycles. The van der Waals surface area contributed by atoms with Gasteiger partial charge in [0.05, 0.1) is 7.05 Å². The zero-order chi connectivity index (χ0) is 8.43. The molecule has 0 aliphatic rings. The van der Waals surface area contributed by atoms with E-state index in [-0.39, 0.29) is 6.23 Å². The highest BCUT2D eigenvalue weighted by atomic mass is 16.5. The largest absolute Gasteiger partial charge is 0.343 e. The molecule has 1 aromatic rings. The number of aryl methyl sites for hydroxylation is 1. The molecular weight excluding hydrogens is 140 g/mol. The molecule has 0 aromatic carbocycles. The molecular formula is C8H15N2O+. The van der Waals surface area contributed by atoms with E-state index in [4.69, 9.17) is 4.74 Å². The van der Waals surface area contributed by atoms with Gasteiger partial charge in [0.2, 0.25) is 0 Å². The fourth-order valence-electron chi connectivity index (χ4n) is 1.07. The average Bonchev–Trinajstić information content (AvgIpc) is 2.32. The first-order valence-electron chi connectivity index (χ1n) is 3.72. The van der Waals surface area contributed by atoms with Crippen molar-refractivity contribution in [3.63, 3.8) is 0 Å². The molecule has 1 heterocycles. The van der Waals surface area contributed by atoms with Crippen molar-refractivity contribution in [2.75, 3.05) is 7.11 Å². The monoisotopic (exact) mass is 155 g/mol. The normalized spacial score (nSPS) is 13.5. The van der Waals surface area contributed by atoms with Gasteiger partial charge in [0.25, 0.3) is 5.82 Å². The molecule has 0 radical (unpaired) electrons. The number of ether oxygens (including phenoxy) is 1. The SMILES string of the molecule is COC(C)[n+]1ccn(C)c1C. The molecule has 1 atom stereocenters. The van der Waals surface area contributed by atoms with E-state index < -0.39 is 0 Å². The Morgan fingerprint density at radius 2 is 2.27 bits per heavy atom. The molecule has 3 nitrogen and oxygen atoms in total. The quantitative estimate of drug-likeness (QED) is 0.577. The molecule has 0 aliphatic carbocycles. The van der Waals surface area contributed by atoms with Gasteiger partial charge in [-0.1, -0.05) is 0 Å². The van der Waals surface area contributed by atoms with Crippen molar-refractivity contribution in [2.24, 2.45) is 7.05 Å². The molecule has 0 fully saturated rings. The zero-order valence-corrected chi connectivity index (χ0v) is 7.53. The zero-order valence-electron chi connectivity index (χ0n) is 7.53. The number of hydrogen-bond donors (Lipinski definition) is 0. The summed E-state index contributed by atoms with van der Waals surface area (Å²) < 4.78 is 9.33. The fourth-order valence-corrected chi connectivity index (χ4v) is 1.07. The maximum absolute atomic E-state index is 5.18. The maximum atomic E-state index is 5.18. The number of nitrogens with zero attached hydrogens (tertiary/aromatic N) is 2. The molecule has 1 rings (SSSR count). The van der Waals surface area contributed by atoms with Gasteiger partial charge in [0.1, 0.15) is 12.4 Å². The first-order chi connectivity index (χ1) is 5.16. The minimum Gasteiger partial charge on any atom is -0.343 e. The third-order valence-electron chi connectivity index (χ3n) is 2.07. The van der Waals surface area contributed by atoms with Crippen molar-refractivity contribution in [1.29, 1.82) is 0 Å². The van der Waals surface area contributed by atoms with Crippen molar-refractivity contribution in [3.8, 4) is 0 Å². The second-order valence-electron chi connectivity index (χ2n) is 2.70.